The number of hydrogen-bond acceptors (Lipinski definition) is 2. The van der Waals surface area contributed by atoms with E-state index in [1.807, 2.05) is 0 Å². The molecule has 0 amide bonds. The average molecular weight is 214 g/mol. The highest BCUT2D eigenvalue weighted by atomic mass is 15.2. The molecule has 0 bridgehead atoms. The Morgan fingerprint density at radius 3 is 1.87 bits per heavy atom. The molecule has 0 heterocycles. The summed E-state index contributed by atoms with van der Waals surface area (Å²) in [5.41, 5.74) is 6.39. The SMILES string of the molecule is CCCN(CCC(C)(C)C)C(C)(C)CN. The largest absolute Gasteiger partial charge is 0.329 e. The third-order valence-electron chi connectivity index (χ3n) is 2.98. The van der Waals surface area contributed by atoms with Crippen LogP contribution in [0.2, 0.25) is 0 Å². The molecule has 0 aromatic rings. The van der Waals surface area contributed by atoms with Crippen LogP contribution >= 0.6 is 0 Å². The summed E-state index contributed by atoms with van der Waals surface area (Å²) in [4.78, 5) is 2.53. The first-order chi connectivity index (χ1) is 6.73. The molecule has 2 heteroatoms. The third-order valence-corrected chi connectivity index (χ3v) is 2.98. The summed E-state index contributed by atoms with van der Waals surface area (Å²) in [5, 5.41) is 0. The average Bonchev–Trinajstić information content (AvgIpc) is 2.10. The Morgan fingerprint density at radius 2 is 1.53 bits per heavy atom. The molecule has 0 aliphatic rings. The highest BCUT2D eigenvalue weighted by Gasteiger charge is 2.25. The van der Waals surface area contributed by atoms with Crippen molar-refractivity contribution < 1.29 is 0 Å². The fourth-order valence-corrected chi connectivity index (χ4v) is 1.59. The number of rotatable bonds is 6. The molecular weight excluding hydrogens is 184 g/mol. The van der Waals surface area contributed by atoms with Gasteiger partial charge in [0.15, 0.2) is 0 Å². The normalized spacial score (nSPS) is 13.6. The van der Waals surface area contributed by atoms with Crippen molar-refractivity contribution in [2.45, 2.75) is 59.9 Å². The van der Waals surface area contributed by atoms with Crippen molar-refractivity contribution in [1.29, 1.82) is 0 Å². The summed E-state index contributed by atoms with van der Waals surface area (Å²) in [5.74, 6) is 0. The first kappa shape index (κ1) is 14.9. The van der Waals surface area contributed by atoms with Crippen LogP contribution in [0.1, 0.15) is 54.4 Å². The Balaban J connectivity index is 4.28. The third kappa shape index (κ3) is 6.16. The van der Waals surface area contributed by atoms with Gasteiger partial charge in [-0.15, -0.1) is 0 Å². The molecular formula is C13H30N2. The van der Waals surface area contributed by atoms with Gasteiger partial charge in [-0.2, -0.15) is 0 Å². The quantitative estimate of drug-likeness (QED) is 0.736. The van der Waals surface area contributed by atoms with E-state index in [1.165, 1.54) is 12.8 Å². The van der Waals surface area contributed by atoms with Gasteiger partial charge in [0.05, 0.1) is 0 Å². The van der Waals surface area contributed by atoms with Crippen LogP contribution in [0.25, 0.3) is 0 Å². The summed E-state index contributed by atoms with van der Waals surface area (Å²) in [6, 6.07) is 0. The minimum Gasteiger partial charge on any atom is -0.329 e. The van der Waals surface area contributed by atoms with Crippen molar-refractivity contribution in [2.24, 2.45) is 11.1 Å². The van der Waals surface area contributed by atoms with E-state index in [1.54, 1.807) is 0 Å². The van der Waals surface area contributed by atoms with E-state index >= 15 is 0 Å². The van der Waals surface area contributed by atoms with E-state index in [9.17, 15) is 0 Å². The number of nitrogens with two attached hydrogens (primary N) is 1. The van der Waals surface area contributed by atoms with Crippen LogP contribution in [-0.2, 0) is 0 Å². The van der Waals surface area contributed by atoms with Crippen LogP contribution in [0, 0.1) is 5.41 Å². The molecule has 0 saturated heterocycles. The maximum Gasteiger partial charge on any atom is 0.0275 e. The summed E-state index contributed by atoms with van der Waals surface area (Å²) in [6.45, 7) is 16.7. The summed E-state index contributed by atoms with van der Waals surface area (Å²) in [6.07, 6.45) is 2.43. The standard InChI is InChI=1S/C13H30N2/c1-7-9-15(13(5,6)11-14)10-8-12(2,3)4/h7-11,14H2,1-6H3. The Labute approximate surface area is 96.2 Å². The van der Waals surface area contributed by atoms with Crippen LogP contribution in [0.5, 0.6) is 0 Å². The van der Waals surface area contributed by atoms with Gasteiger partial charge >= 0.3 is 0 Å². The molecule has 0 aromatic heterocycles. The zero-order valence-electron chi connectivity index (χ0n) is 11.6. The van der Waals surface area contributed by atoms with Gasteiger partial charge in [0.1, 0.15) is 0 Å². The lowest BCUT2D eigenvalue weighted by molar-refractivity contribution is 0.110. The monoisotopic (exact) mass is 214 g/mol. The molecule has 15 heavy (non-hydrogen) atoms. The topological polar surface area (TPSA) is 29.3 Å². The minimum absolute atomic E-state index is 0.140. The van der Waals surface area contributed by atoms with Crippen molar-refractivity contribution in [2.75, 3.05) is 19.6 Å². The van der Waals surface area contributed by atoms with Crippen LogP contribution < -0.4 is 5.73 Å². The minimum atomic E-state index is 0.140. The smallest absolute Gasteiger partial charge is 0.0275 e. The Morgan fingerprint density at radius 1 is 1.00 bits per heavy atom. The molecule has 0 radical (unpaired) electrons. The molecule has 0 aliphatic heterocycles. The lowest BCUT2D eigenvalue weighted by atomic mass is 9.91. The number of nitrogens with zero attached hydrogens (tertiary/aromatic N) is 1. The predicted octanol–water partition coefficient (Wildman–Crippen LogP) is 2.87. The lowest BCUT2D eigenvalue weighted by Gasteiger charge is -2.39. The van der Waals surface area contributed by atoms with Gasteiger partial charge in [-0.3, -0.25) is 4.90 Å². The van der Waals surface area contributed by atoms with Gasteiger partial charge < -0.3 is 5.73 Å². The van der Waals surface area contributed by atoms with E-state index in [-0.39, 0.29) is 5.54 Å². The zero-order chi connectivity index (χ0) is 12.1. The van der Waals surface area contributed by atoms with Crippen molar-refractivity contribution in [3.63, 3.8) is 0 Å². The van der Waals surface area contributed by atoms with Gasteiger partial charge in [-0.25, -0.2) is 0 Å². The highest BCUT2D eigenvalue weighted by molar-refractivity contribution is 4.83. The first-order valence-electron chi connectivity index (χ1n) is 6.18. The van der Waals surface area contributed by atoms with Crippen molar-refractivity contribution >= 4 is 0 Å². The Bertz CT molecular complexity index is 168. The molecule has 0 atom stereocenters. The van der Waals surface area contributed by atoms with E-state index in [0.29, 0.717) is 5.41 Å². The molecule has 0 spiro atoms. The molecule has 0 saturated carbocycles. The second-order valence-corrected chi connectivity index (χ2v) is 6.31. The van der Waals surface area contributed by atoms with Gasteiger partial charge in [-0.1, -0.05) is 27.7 Å². The fourth-order valence-electron chi connectivity index (χ4n) is 1.59. The molecule has 0 unspecified atom stereocenters. The number of hydrogen-bond donors (Lipinski definition) is 1. The first-order valence-corrected chi connectivity index (χ1v) is 6.18. The second kappa shape index (κ2) is 5.86. The molecule has 0 aromatic carbocycles. The summed E-state index contributed by atoms with van der Waals surface area (Å²) in [7, 11) is 0. The molecule has 0 aliphatic carbocycles. The van der Waals surface area contributed by atoms with E-state index in [0.717, 1.165) is 19.6 Å². The van der Waals surface area contributed by atoms with Gasteiger partial charge in [0.25, 0.3) is 0 Å². The summed E-state index contributed by atoms with van der Waals surface area (Å²) >= 11 is 0. The summed E-state index contributed by atoms with van der Waals surface area (Å²) < 4.78 is 0. The van der Waals surface area contributed by atoms with Crippen LogP contribution in [0.15, 0.2) is 0 Å². The molecule has 2 N–H and O–H groups in total. The Kier molecular flexibility index (Phi) is 5.82. The maximum atomic E-state index is 5.84. The van der Waals surface area contributed by atoms with E-state index < -0.39 is 0 Å². The lowest BCUT2D eigenvalue weighted by Crippen LogP contribution is -2.50. The van der Waals surface area contributed by atoms with E-state index in [2.05, 4.69) is 46.4 Å². The zero-order valence-corrected chi connectivity index (χ0v) is 11.6. The van der Waals surface area contributed by atoms with Crippen molar-refractivity contribution in [3.05, 3.63) is 0 Å². The maximum absolute atomic E-state index is 5.84. The predicted molar refractivity (Wildman–Crippen MR) is 69.1 cm³/mol. The second-order valence-electron chi connectivity index (χ2n) is 6.31. The molecule has 0 rings (SSSR count). The van der Waals surface area contributed by atoms with Gasteiger partial charge in [-0.05, 0) is 45.2 Å². The molecule has 0 fully saturated rings. The van der Waals surface area contributed by atoms with Crippen LogP contribution in [0.4, 0.5) is 0 Å². The van der Waals surface area contributed by atoms with E-state index in [4.69, 9.17) is 5.73 Å². The fraction of sp³-hybridized carbons (Fsp3) is 1.00. The Hall–Kier alpha value is -0.0800. The molecule has 2 nitrogen and oxygen atoms in total. The van der Waals surface area contributed by atoms with Crippen LogP contribution in [-0.4, -0.2) is 30.1 Å². The molecule has 92 valence electrons. The highest BCUT2D eigenvalue weighted by Crippen LogP contribution is 2.22. The van der Waals surface area contributed by atoms with Gasteiger partial charge in [0.2, 0.25) is 0 Å². The van der Waals surface area contributed by atoms with Crippen LogP contribution in [0.3, 0.4) is 0 Å². The van der Waals surface area contributed by atoms with Crippen molar-refractivity contribution in [3.8, 4) is 0 Å². The van der Waals surface area contributed by atoms with Crippen molar-refractivity contribution in [1.82, 2.24) is 4.90 Å². The van der Waals surface area contributed by atoms with Gasteiger partial charge in [0, 0.05) is 12.1 Å².